The van der Waals surface area contributed by atoms with Gasteiger partial charge in [-0.15, -0.1) is 0 Å². The molecule has 0 radical (unpaired) electrons. The molecule has 0 saturated carbocycles. The number of anilines is 1. The Kier molecular flexibility index (Phi) is 5.72. The lowest BCUT2D eigenvalue weighted by Crippen LogP contribution is -2.37. The Hall–Kier alpha value is -1.22. The van der Waals surface area contributed by atoms with Gasteiger partial charge in [0.2, 0.25) is 0 Å². The highest BCUT2D eigenvalue weighted by Crippen LogP contribution is 2.27. The highest BCUT2D eigenvalue weighted by molar-refractivity contribution is 5.58. The van der Waals surface area contributed by atoms with Crippen molar-refractivity contribution in [2.75, 3.05) is 18.5 Å². The Balaban J connectivity index is 1.94. The molecule has 112 valence electrons. The van der Waals surface area contributed by atoms with Gasteiger partial charge in [0.25, 0.3) is 0 Å². The summed E-state index contributed by atoms with van der Waals surface area (Å²) in [7, 11) is 0. The number of aryl methyl sites for hydroxylation is 1. The van der Waals surface area contributed by atoms with E-state index in [1.165, 1.54) is 37.8 Å². The van der Waals surface area contributed by atoms with Gasteiger partial charge in [0.15, 0.2) is 0 Å². The third-order valence-corrected chi connectivity index (χ3v) is 3.89. The predicted octanol–water partition coefficient (Wildman–Crippen LogP) is 3.73. The Bertz CT molecular complexity index is 413. The molecule has 1 fully saturated rings. The van der Waals surface area contributed by atoms with E-state index in [9.17, 15) is 0 Å². The van der Waals surface area contributed by atoms with Crippen LogP contribution in [-0.4, -0.2) is 25.2 Å². The van der Waals surface area contributed by atoms with E-state index < -0.39 is 0 Å². The van der Waals surface area contributed by atoms with E-state index in [-0.39, 0.29) is 0 Å². The van der Waals surface area contributed by atoms with Crippen LogP contribution in [0.1, 0.15) is 45.1 Å². The molecule has 2 N–H and O–H groups in total. The van der Waals surface area contributed by atoms with E-state index in [2.05, 4.69) is 42.7 Å². The molecule has 0 aromatic heterocycles. The van der Waals surface area contributed by atoms with E-state index >= 15 is 0 Å². The van der Waals surface area contributed by atoms with Crippen molar-refractivity contribution in [3.8, 4) is 5.75 Å². The van der Waals surface area contributed by atoms with Gasteiger partial charge in [-0.25, -0.2) is 0 Å². The van der Waals surface area contributed by atoms with E-state index in [0.717, 1.165) is 11.4 Å². The molecule has 1 aliphatic rings. The van der Waals surface area contributed by atoms with Crippen LogP contribution in [0.5, 0.6) is 5.75 Å². The number of rotatable bonds is 6. The number of ether oxygens (including phenoxy) is 1. The Morgan fingerprint density at radius 3 is 2.95 bits per heavy atom. The van der Waals surface area contributed by atoms with Crippen molar-refractivity contribution in [2.45, 2.75) is 58.5 Å². The van der Waals surface area contributed by atoms with Crippen molar-refractivity contribution in [3.63, 3.8) is 0 Å². The highest BCUT2D eigenvalue weighted by atomic mass is 16.5. The Morgan fingerprint density at radius 1 is 1.40 bits per heavy atom. The zero-order valence-electron chi connectivity index (χ0n) is 13.0. The van der Waals surface area contributed by atoms with Gasteiger partial charge in [0.1, 0.15) is 5.75 Å². The summed E-state index contributed by atoms with van der Waals surface area (Å²) in [6.45, 7) is 8.26. The SMILES string of the molecule is CCOc1cc(C)ccc1NC(C)CC1CCCCN1. The van der Waals surface area contributed by atoms with E-state index in [0.29, 0.717) is 18.7 Å². The molecule has 20 heavy (non-hydrogen) atoms. The third-order valence-electron chi connectivity index (χ3n) is 3.89. The van der Waals surface area contributed by atoms with Crippen molar-refractivity contribution < 1.29 is 4.74 Å². The summed E-state index contributed by atoms with van der Waals surface area (Å²) in [5, 5.41) is 7.22. The lowest BCUT2D eigenvalue weighted by atomic mass is 9.98. The van der Waals surface area contributed by atoms with Crippen LogP contribution in [0.3, 0.4) is 0 Å². The Morgan fingerprint density at radius 2 is 2.25 bits per heavy atom. The fourth-order valence-corrected chi connectivity index (χ4v) is 2.90. The summed E-state index contributed by atoms with van der Waals surface area (Å²) in [5.41, 5.74) is 2.35. The number of nitrogens with one attached hydrogen (secondary N) is 2. The molecule has 0 amide bonds. The molecule has 2 rings (SSSR count). The second-order valence-corrected chi connectivity index (χ2v) is 5.86. The van der Waals surface area contributed by atoms with Crippen molar-refractivity contribution in [3.05, 3.63) is 23.8 Å². The van der Waals surface area contributed by atoms with Gasteiger partial charge in [-0.3, -0.25) is 0 Å². The molecule has 1 heterocycles. The van der Waals surface area contributed by atoms with Gasteiger partial charge in [0.05, 0.1) is 12.3 Å². The average Bonchev–Trinajstić information content (AvgIpc) is 2.43. The first-order chi connectivity index (χ1) is 9.69. The summed E-state index contributed by atoms with van der Waals surface area (Å²) in [6, 6.07) is 7.48. The standard InChI is InChI=1S/C17H28N2O/c1-4-20-17-11-13(2)8-9-16(17)19-14(3)12-15-7-5-6-10-18-15/h8-9,11,14-15,18-19H,4-7,10,12H2,1-3H3. The number of benzene rings is 1. The molecule has 2 atom stereocenters. The summed E-state index contributed by atoms with van der Waals surface area (Å²) >= 11 is 0. The fraction of sp³-hybridized carbons (Fsp3) is 0.647. The molecule has 1 aliphatic heterocycles. The molecule has 0 spiro atoms. The zero-order valence-corrected chi connectivity index (χ0v) is 13.0. The molecule has 1 aromatic carbocycles. The molecular weight excluding hydrogens is 248 g/mol. The molecule has 3 nitrogen and oxygen atoms in total. The quantitative estimate of drug-likeness (QED) is 0.830. The molecule has 0 bridgehead atoms. The van der Waals surface area contributed by atoms with Crippen LogP contribution >= 0.6 is 0 Å². The van der Waals surface area contributed by atoms with Crippen molar-refractivity contribution in [2.24, 2.45) is 0 Å². The third kappa shape index (κ3) is 4.41. The second-order valence-electron chi connectivity index (χ2n) is 5.86. The van der Waals surface area contributed by atoms with Crippen LogP contribution in [0.15, 0.2) is 18.2 Å². The number of piperidine rings is 1. The monoisotopic (exact) mass is 276 g/mol. The lowest BCUT2D eigenvalue weighted by Gasteiger charge is -2.27. The number of hydrogen-bond acceptors (Lipinski definition) is 3. The molecule has 1 aromatic rings. The van der Waals surface area contributed by atoms with Crippen molar-refractivity contribution >= 4 is 5.69 Å². The minimum atomic E-state index is 0.451. The largest absolute Gasteiger partial charge is 0.492 e. The van der Waals surface area contributed by atoms with Gasteiger partial charge in [-0.1, -0.05) is 12.5 Å². The Labute approximate surface area is 123 Å². The van der Waals surface area contributed by atoms with Crippen LogP contribution < -0.4 is 15.4 Å². The lowest BCUT2D eigenvalue weighted by molar-refractivity contribution is 0.340. The van der Waals surface area contributed by atoms with E-state index in [4.69, 9.17) is 4.74 Å². The van der Waals surface area contributed by atoms with Crippen LogP contribution in [0.4, 0.5) is 5.69 Å². The molecule has 0 aliphatic carbocycles. The summed E-state index contributed by atoms with van der Waals surface area (Å²) < 4.78 is 5.73. The first-order valence-electron chi connectivity index (χ1n) is 7.92. The maximum atomic E-state index is 5.73. The zero-order chi connectivity index (χ0) is 14.4. The first-order valence-corrected chi connectivity index (χ1v) is 7.92. The molecular formula is C17H28N2O. The van der Waals surface area contributed by atoms with Crippen LogP contribution in [0.25, 0.3) is 0 Å². The van der Waals surface area contributed by atoms with Gasteiger partial charge < -0.3 is 15.4 Å². The maximum Gasteiger partial charge on any atom is 0.142 e. The average molecular weight is 276 g/mol. The normalized spacial score (nSPS) is 20.4. The fourth-order valence-electron chi connectivity index (χ4n) is 2.90. The molecule has 3 heteroatoms. The smallest absolute Gasteiger partial charge is 0.142 e. The maximum absolute atomic E-state index is 5.73. The van der Waals surface area contributed by atoms with Gasteiger partial charge in [-0.05, 0) is 64.3 Å². The predicted molar refractivity (Wildman–Crippen MR) is 85.7 cm³/mol. The summed E-state index contributed by atoms with van der Waals surface area (Å²) in [6.07, 6.45) is 5.15. The molecule has 2 unspecified atom stereocenters. The first kappa shape index (κ1) is 15.2. The van der Waals surface area contributed by atoms with Crippen LogP contribution in [0, 0.1) is 6.92 Å². The minimum Gasteiger partial charge on any atom is -0.492 e. The second kappa shape index (κ2) is 7.53. The molecule has 1 saturated heterocycles. The van der Waals surface area contributed by atoms with Crippen LogP contribution in [-0.2, 0) is 0 Å². The van der Waals surface area contributed by atoms with Crippen molar-refractivity contribution in [1.29, 1.82) is 0 Å². The van der Waals surface area contributed by atoms with Gasteiger partial charge in [-0.2, -0.15) is 0 Å². The van der Waals surface area contributed by atoms with Gasteiger partial charge in [0, 0.05) is 12.1 Å². The van der Waals surface area contributed by atoms with Crippen LogP contribution in [0.2, 0.25) is 0 Å². The van der Waals surface area contributed by atoms with E-state index in [1.54, 1.807) is 0 Å². The van der Waals surface area contributed by atoms with Gasteiger partial charge >= 0.3 is 0 Å². The number of hydrogen-bond donors (Lipinski definition) is 2. The highest BCUT2D eigenvalue weighted by Gasteiger charge is 2.16. The topological polar surface area (TPSA) is 33.3 Å². The van der Waals surface area contributed by atoms with Crippen molar-refractivity contribution in [1.82, 2.24) is 5.32 Å². The summed E-state index contributed by atoms with van der Waals surface area (Å²) in [4.78, 5) is 0. The minimum absolute atomic E-state index is 0.451. The summed E-state index contributed by atoms with van der Waals surface area (Å²) in [5.74, 6) is 0.968. The van der Waals surface area contributed by atoms with E-state index in [1.807, 2.05) is 6.92 Å².